The van der Waals surface area contributed by atoms with Crippen LogP contribution in [0, 0.1) is 0 Å². The minimum atomic E-state index is -1.16. The van der Waals surface area contributed by atoms with Gasteiger partial charge in [-0.15, -0.1) is 0 Å². The molecule has 1 aromatic heterocycles. The number of carboxylic acid groups (broad SMARTS) is 1. The zero-order valence-corrected chi connectivity index (χ0v) is 11.8. The minimum Gasteiger partial charge on any atom is -0.507 e. The van der Waals surface area contributed by atoms with Gasteiger partial charge in [-0.2, -0.15) is 0 Å². The van der Waals surface area contributed by atoms with Crippen molar-refractivity contribution < 1.29 is 19.8 Å². The number of phenols is 1. The first kappa shape index (κ1) is 13.5. The number of phenolic OH excluding ortho intramolecular Hbond substituents is 1. The molecule has 8 heteroatoms. The monoisotopic (exact) mass is 301 g/mol. The summed E-state index contributed by atoms with van der Waals surface area (Å²) in [6.07, 6.45) is 2.97. The number of nitrogens with one attached hydrogen (secondary N) is 1. The second-order valence-electron chi connectivity index (χ2n) is 4.65. The molecular formula is C13H11N3O4Si. The summed E-state index contributed by atoms with van der Waals surface area (Å²) in [6.45, 7) is -0.522. The molecule has 2 heterocycles. The molecule has 0 spiro atoms. The number of nitrogens with zero attached hydrogens (tertiary/aromatic N) is 2. The summed E-state index contributed by atoms with van der Waals surface area (Å²) < 4.78 is 0. The first-order chi connectivity index (χ1) is 10.1. The first-order valence-electron chi connectivity index (χ1n) is 6.28. The van der Waals surface area contributed by atoms with Gasteiger partial charge < -0.3 is 15.5 Å². The molecule has 0 bridgehead atoms. The molecule has 1 saturated heterocycles. The van der Waals surface area contributed by atoms with Crippen LogP contribution in [-0.2, 0) is 4.79 Å². The van der Waals surface area contributed by atoms with Crippen LogP contribution in [0.1, 0.15) is 21.5 Å². The van der Waals surface area contributed by atoms with Crippen LogP contribution in [0.4, 0.5) is 0 Å². The lowest BCUT2D eigenvalue weighted by atomic mass is 10.0. The Hall–Kier alpha value is -2.48. The predicted molar refractivity (Wildman–Crippen MR) is 74.5 cm³/mol. The van der Waals surface area contributed by atoms with Crippen LogP contribution in [0.2, 0.25) is 6.04 Å². The average molecular weight is 301 g/mol. The van der Waals surface area contributed by atoms with Gasteiger partial charge in [0.05, 0.1) is 5.52 Å². The van der Waals surface area contributed by atoms with Gasteiger partial charge in [-0.25, -0.2) is 0 Å². The topological polar surface area (TPSA) is 112 Å². The Kier molecular flexibility index (Phi) is 3.30. The number of hydrogen-bond donors (Lipinski definition) is 3. The van der Waals surface area contributed by atoms with Crippen molar-refractivity contribution in [3.63, 3.8) is 0 Å². The minimum absolute atomic E-state index is 0.0351. The molecule has 106 valence electrons. The summed E-state index contributed by atoms with van der Waals surface area (Å²) in [5.74, 6) is -2.03. The fourth-order valence-electron chi connectivity index (χ4n) is 2.15. The number of carboxylic acids is 1. The zero-order chi connectivity index (χ0) is 15.0. The number of rotatable bonds is 4. The van der Waals surface area contributed by atoms with E-state index in [4.69, 9.17) is 5.11 Å². The van der Waals surface area contributed by atoms with Gasteiger partial charge in [0.15, 0.2) is 0 Å². The van der Waals surface area contributed by atoms with Gasteiger partial charge in [-0.05, 0) is 17.2 Å². The third-order valence-corrected chi connectivity index (χ3v) is 4.30. The van der Waals surface area contributed by atoms with E-state index in [9.17, 15) is 14.7 Å². The molecule has 1 fully saturated rings. The van der Waals surface area contributed by atoms with Crippen molar-refractivity contribution in [2.24, 2.45) is 0 Å². The normalized spacial score (nSPS) is 16.7. The van der Waals surface area contributed by atoms with E-state index >= 15 is 0 Å². The molecule has 1 atom stereocenters. The van der Waals surface area contributed by atoms with E-state index in [0.717, 1.165) is 21.1 Å². The lowest BCUT2D eigenvalue weighted by molar-refractivity contribution is -0.135. The summed E-state index contributed by atoms with van der Waals surface area (Å²) in [6, 6.07) is 2.59. The fraction of sp³-hybridized carbons (Fsp3) is 0.231. The van der Waals surface area contributed by atoms with Crippen molar-refractivity contribution in [3.8, 4) is 5.75 Å². The zero-order valence-electron chi connectivity index (χ0n) is 10.8. The maximum absolute atomic E-state index is 12.1. The number of aliphatic carboxylic acids is 1. The van der Waals surface area contributed by atoms with Crippen molar-refractivity contribution in [3.05, 3.63) is 29.6 Å². The van der Waals surface area contributed by atoms with Crippen molar-refractivity contribution in [1.82, 2.24) is 15.3 Å². The fourth-order valence-corrected chi connectivity index (χ4v) is 2.93. The number of carbonyl (C=O) groups excluding carboxylic acids is 1. The predicted octanol–water partition coefficient (Wildman–Crippen LogP) is 0.327. The number of fused-ring (bicyclic) bond motifs is 1. The number of carbonyl (C=O) groups is 2. The van der Waals surface area contributed by atoms with E-state index in [1.54, 1.807) is 0 Å². The number of amides is 1. The Morgan fingerprint density at radius 1 is 1.33 bits per heavy atom. The van der Waals surface area contributed by atoms with E-state index in [1.807, 2.05) is 0 Å². The number of aromatic hydroxyl groups is 1. The Balaban J connectivity index is 2.10. The summed E-state index contributed by atoms with van der Waals surface area (Å²) >= 11 is 0. The van der Waals surface area contributed by atoms with Gasteiger partial charge in [-0.1, -0.05) is 6.04 Å². The molecule has 7 nitrogen and oxygen atoms in total. The van der Waals surface area contributed by atoms with Gasteiger partial charge in [-0.3, -0.25) is 19.6 Å². The Morgan fingerprint density at radius 3 is 2.62 bits per heavy atom. The SMILES string of the molecule is O=C(O)CNC(=O)c1c(O)cc(C2C[Si]2)c2nccnc12. The van der Waals surface area contributed by atoms with Crippen LogP contribution in [0.15, 0.2) is 18.5 Å². The van der Waals surface area contributed by atoms with Crippen molar-refractivity contribution >= 4 is 32.4 Å². The Morgan fingerprint density at radius 2 is 2.00 bits per heavy atom. The number of hydrogen-bond acceptors (Lipinski definition) is 5. The van der Waals surface area contributed by atoms with Gasteiger partial charge in [0, 0.05) is 21.9 Å². The molecule has 3 N–H and O–H groups in total. The molecule has 2 radical (unpaired) electrons. The first-order valence-corrected chi connectivity index (χ1v) is 7.56. The van der Waals surface area contributed by atoms with Crippen molar-refractivity contribution in [1.29, 1.82) is 0 Å². The third-order valence-electron chi connectivity index (χ3n) is 3.17. The molecule has 2 aromatic rings. The smallest absolute Gasteiger partial charge is 0.322 e. The molecule has 1 aromatic carbocycles. The number of aromatic nitrogens is 2. The van der Waals surface area contributed by atoms with E-state index < -0.39 is 18.4 Å². The summed E-state index contributed by atoms with van der Waals surface area (Å²) in [5.41, 5.74) is 2.11. The highest BCUT2D eigenvalue weighted by Gasteiger charge is 2.30. The molecule has 1 aliphatic rings. The average Bonchev–Trinajstić information content (AvgIpc) is 3.28. The van der Waals surface area contributed by atoms with Gasteiger partial charge in [0.2, 0.25) is 0 Å². The maximum atomic E-state index is 12.1. The van der Waals surface area contributed by atoms with E-state index in [-0.39, 0.29) is 11.3 Å². The van der Waals surface area contributed by atoms with Gasteiger partial charge in [0.25, 0.3) is 5.91 Å². The molecule has 1 amide bonds. The summed E-state index contributed by atoms with van der Waals surface area (Å²) in [4.78, 5) is 31.0. The van der Waals surface area contributed by atoms with Gasteiger partial charge >= 0.3 is 5.97 Å². The van der Waals surface area contributed by atoms with Crippen molar-refractivity contribution in [2.45, 2.75) is 11.6 Å². The van der Waals surface area contributed by atoms with Crippen LogP contribution < -0.4 is 5.32 Å². The molecule has 0 aliphatic carbocycles. The van der Waals surface area contributed by atoms with E-state index in [2.05, 4.69) is 15.3 Å². The van der Waals surface area contributed by atoms with Crippen LogP contribution in [0.3, 0.4) is 0 Å². The maximum Gasteiger partial charge on any atom is 0.322 e. The van der Waals surface area contributed by atoms with Crippen LogP contribution in [-0.4, -0.2) is 48.1 Å². The molecule has 1 unspecified atom stereocenters. The van der Waals surface area contributed by atoms with Crippen LogP contribution >= 0.6 is 0 Å². The standard InChI is InChI=1S/C13H11N3O4Si/c17-7-3-6(8-5-21-8)11-12(15-2-1-14-11)10(7)13(20)16-4-9(18)19/h1-3,8,17H,4-5H2,(H,16,20)(H,18,19). The lowest BCUT2D eigenvalue weighted by Gasteiger charge is -2.11. The molecule has 3 rings (SSSR count). The lowest BCUT2D eigenvalue weighted by Crippen LogP contribution is -2.29. The summed E-state index contributed by atoms with van der Waals surface area (Å²) in [5, 5.41) is 21.0. The van der Waals surface area contributed by atoms with E-state index in [0.29, 0.717) is 16.6 Å². The van der Waals surface area contributed by atoms with Gasteiger partial charge in [0.1, 0.15) is 23.4 Å². The second-order valence-corrected chi connectivity index (χ2v) is 6.16. The highest BCUT2D eigenvalue weighted by atomic mass is 28.2. The molecule has 21 heavy (non-hydrogen) atoms. The van der Waals surface area contributed by atoms with Crippen LogP contribution in [0.25, 0.3) is 11.0 Å². The second kappa shape index (κ2) is 5.13. The highest BCUT2D eigenvalue weighted by Crippen LogP contribution is 2.39. The highest BCUT2D eigenvalue weighted by molar-refractivity contribution is 6.51. The molecule has 1 aliphatic heterocycles. The molecule has 0 saturated carbocycles. The molecular weight excluding hydrogens is 290 g/mol. The number of benzene rings is 1. The third kappa shape index (κ3) is 2.57. The van der Waals surface area contributed by atoms with Crippen LogP contribution in [0.5, 0.6) is 5.75 Å². The largest absolute Gasteiger partial charge is 0.507 e. The quantitative estimate of drug-likeness (QED) is 0.701. The summed E-state index contributed by atoms with van der Waals surface area (Å²) in [7, 11) is 0.793. The Bertz CT molecular complexity index is 746. The van der Waals surface area contributed by atoms with E-state index in [1.165, 1.54) is 18.5 Å². The Labute approximate surface area is 121 Å². The van der Waals surface area contributed by atoms with Crippen molar-refractivity contribution in [2.75, 3.05) is 6.54 Å².